The second kappa shape index (κ2) is 16.0. The van der Waals surface area contributed by atoms with Crippen LogP contribution in [0.1, 0.15) is 27.0 Å². The smallest absolute Gasteiger partial charge is 0.329 e. The molecule has 4 aromatic carbocycles. The van der Waals surface area contributed by atoms with Gasteiger partial charge >= 0.3 is 5.97 Å². The third-order valence-corrected chi connectivity index (χ3v) is 10.1. The number of hydrogen-bond donors (Lipinski definition) is 1. The number of halogens is 1. The van der Waals surface area contributed by atoms with E-state index in [0.29, 0.717) is 28.0 Å². The Morgan fingerprint density at radius 3 is 2.49 bits per heavy atom. The van der Waals surface area contributed by atoms with Gasteiger partial charge in [-0.25, -0.2) is 13.2 Å². The first-order chi connectivity index (χ1) is 23.5. The number of rotatable bonds is 6. The largest absolute Gasteiger partial charge is 0.489 e. The predicted molar refractivity (Wildman–Crippen MR) is 191 cm³/mol. The van der Waals surface area contributed by atoms with Crippen molar-refractivity contribution in [2.45, 2.75) is 30.5 Å². The molecular weight excluding hydrogens is 761 g/mol. The number of benzene rings is 4. The molecule has 2 bridgehead atoms. The van der Waals surface area contributed by atoms with Gasteiger partial charge in [-0.05, 0) is 106 Å². The first-order valence-electron chi connectivity index (χ1n) is 15.1. The summed E-state index contributed by atoms with van der Waals surface area (Å²) in [7, 11) is -3.97. The summed E-state index contributed by atoms with van der Waals surface area (Å²) in [4.78, 5) is 37.7. The Bertz CT molecular complexity index is 2000. The van der Waals surface area contributed by atoms with E-state index in [0.717, 1.165) is 3.57 Å². The van der Waals surface area contributed by atoms with Crippen LogP contribution in [0.25, 0.3) is 0 Å². The molecule has 13 heteroatoms. The molecule has 1 N–H and O–H groups in total. The lowest BCUT2D eigenvalue weighted by Crippen LogP contribution is -2.43. The van der Waals surface area contributed by atoms with E-state index >= 15 is 0 Å². The number of hydrogen-bond acceptors (Lipinski definition) is 8. The zero-order valence-electron chi connectivity index (χ0n) is 26.2. The summed E-state index contributed by atoms with van der Waals surface area (Å²) in [6.07, 6.45) is 3.47. The summed E-state index contributed by atoms with van der Waals surface area (Å²) in [5.74, 6) is -0.809. The second-order valence-electron chi connectivity index (χ2n) is 11.2. The third kappa shape index (κ3) is 9.40. The van der Waals surface area contributed by atoms with Crippen molar-refractivity contribution in [3.63, 3.8) is 0 Å². The number of fused-ring (bicyclic) bond motifs is 3. The number of sulfonamides is 1. The third-order valence-electron chi connectivity index (χ3n) is 7.58. The molecule has 0 radical (unpaired) electrons. The molecule has 11 nitrogen and oxygen atoms in total. The molecule has 0 saturated heterocycles. The van der Waals surface area contributed by atoms with Crippen LogP contribution in [-0.4, -0.2) is 48.7 Å². The molecule has 1 heterocycles. The number of carbonyl (C=O) groups is 2. The summed E-state index contributed by atoms with van der Waals surface area (Å²) < 4.78 is 41.4. The molecule has 1 atom stereocenters. The number of nitrogens with one attached hydrogen (secondary N) is 1. The van der Waals surface area contributed by atoms with Crippen molar-refractivity contribution in [3.8, 4) is 5.75 Å². The Hall–Kier alpha value is -4.86. The molecule has 5 rings (SSSR count). The standard InChI is InChI=1S/C36H32IN3O8S/c1-25-6-5-19-47-34-10-3-2-8-28(34)21-33(36(42)48-24-26-11-15-31(16-12-26)40(43)44)38-35(41)29-9-4-7-27(20-29)23-39(22-25)49(45,46)32-17-13-30(37)14-18-32/h2-18,20,33H,1,19,21-24H2,(H,38,41). The Labute approximate surface area is 297 Å². The van der Waals surface area contributed by atoms with E-state index in [1.54, 1.807) is 84.9 Å². The van der Waals surface area contributed by atoms with Gasteiger partial charge in [0, 0.05) is 40.8 Å². The highest BCUT2D eigenvalue weighted by Crippen LogP contribution is 2.24. The van der Waals surface area contributed by atoms with Crippen molar-refractivity contribution in [2.75, 3.05) is 13.2 Å². The topological polar surface area (TPSA) is 145 Å². The molecule has 0 aromatic heterocycles. The SMILES string of the molecule is C=C1C=CCOc2ccccc2CC(C(=O)OCc2ccc([N+](=O)[O-])cc2)NC(=O)c2cccc(c2)CN(S(=O)(=O)c2ccc(I)cc2)C1. The maximum absolute atomic E-state index is 13.8. The van der Waals surface area contributed by atoms with Gasteiger partial charge in [0.1, 0.15) is 25.0 Å². The van der Waals surface area contributed by atoms with Crippen LogP contribution >= 0.6 is 22.6 Å². The Balaban J connectivity index is 1.46. The van der Waals surface area contributed by atoms with Gasteiger partial charge in [0.05, 0.1) is 9.82 Å². The van der Waals surface area contributed by atoms with Gasteiger partial charge < -0.3 is 14.8 Å². The lowest BCUT2D eigenvalue weighted by atomic mass is 10.0. The van der Waals surface area contributed by atoms with E-state index in [1.165, 1.54) is 28.6 Å². The van der Waals surface area contributed by atoms with Gasteiger partial charge in [-0.1, -0.05) is 43.0 Å². The van der Waals surface area contributed by atoms with Crippen LogP contribution in [0.5, 0.6) is 5.75 Å². The molecule has 0 spiro atoms. The number of nitro benzene ring substituents is 1. The van der Waals surface area contributed by atoms with Crippen molar-refractivity contribution < 1.29 is 32.4 Å². The normalized spacial score (nSPS) is 16.1. The first-order valence-corrected chi connectivity index (χ1v) is 17.6. The molecule has 252 valence electrons. The fourth-order valence-electron chi connectivity index (χ4n) is 5.06. The van der Waals surface area contributed by atoms with Gasteiger partial charge in [-0.3, -0.25) is 14.9 Å². The fraction of sp³-hybridized carbons (Fsp3) is 0.167. The predicted octanol–water partition coefficient (Wildman–Crippen LogP) is 5.98. The van der Waals surface area contributed by atoms with Crippen LogP contribution in [0.3, 0.4) is 0 Å². The number of para-hydroxylation sites is 1. The van der Waals surface area contributed by atoms with Gasteiger partial charge in [0.15, 0.2) is 0 Å². The van der Waals surface area contributed by atoms with Crippen LogP contribution < -0.4 is 10.1 Å². The van der Waals surface area contributed by atoms with E-state index in [-0.39, 0.29) is 48.9 Å². The number of ether oxygens (including phenoxy) is 2. The van der Waals surface area contributed by atoms with E-state index < -0.39 is 32.9 Å². The summed E-state index contributed by atoms with van der Waals surface area (Å²) in [5.41, 5.74) is 2.37. The van der Waals surface area contributed by atoms with Crippen LogP contribution in [0.4, 0.5) is 5.69 Å². The first kappa shape index (κ1) is 35.4. The lowest BCUT2D eigenvalue weighted by molar-refractivity contribution is -0.384. The maximum atomic E-state index is 13.8. The minimum Gasteiger partial charge on any atom is -0.489 e. The average molecular weight is 794 g/mol. The highest BCUT2D eigenvalue weighted by atomic mass is 127. The molecule has 1 amide bonds. The summed E-state index contributed by atoms with van der Waals surface area (Å²) >= 11 is 2.11. The minimum atomic E-state index is -3.97. The minimum absolute atomic E-state index is 0.0134. The number of nitro groups is 1. The summed E-state index contributed by atoms with van der Waals surface area (Å²) in [6, 6.07) is 24.6. The van der Waals surface area contributed by atoms with Crippen molar-refractivity contribution >= 4 is 50.2 Å². The molecule has 1 aliphatic rings. The molecular formula is C36H32IN3O8S. The van der Waals surface area contributed by atoms with E-state index in [1.807, 2.05) is 0 Å². The van der Waals surface area contributed by atoms with Crippen LogP contribution in [0.2, 0.25) is 0 Å². The maximum Gasteiger partial charge on any atom is 0.329 e. The Morgan fingerprint density at radius 1 is 1.02 bits per heavy atom. The van der Waals surface area contributed by atoms with E-state index in [2.05, 4.69) is 34.5 Å². The van der Waals surface area contributed by atoms with Gasteiger partial charge in [-0.15, -0.1) is 0 Å². The highest BCUT2D eigenvalue weighted by Gasteiger charge is 2.27. The van der Waals surface area contributed by atoms with E-state index in [9.17, 15) is 28.1 Å². The number of carbonyl (C=O) groups excluding carboxylic acids is 2. The average Bonchev–Trinajstić information content (AvgIpc) is 3.09. The van der Waals surface area contributed by atoms with E-state index in [4.69, 9.17) is 9.47 Å². The van der Waals surface area contributed by atoms with Crippen molar-refractivity contribution in [1.29, 1.82) is 0 Å². The van der Waals surface area contributed by atoms with Crippen LogP contribution in [-0.2, 0) is 39.1 Å². The quantitative estimate of drug-likeness (QED) is 0.109. The number of esters is 1. The van der Waals surface area contributed by atoms with Crippen molar-refractivity contribution in [1.82, 2.24) is 9.62 Å². The second-order valence-corrected chi connectivity index (χ2v) is 14.4. The molecule has 0 saturated carbocycles. The number of amides is 1. The number of nitrogens with zero attached hydrogens (tertiary/aromatic N) is 2. The van der Waals surface area contributed by atoms with Crippen LogP contribution in [0.15, 0.2) is 126 Å². The molecule has 1 unspecified atom stereocenters. The van der Waals surface area contributed by atoms with Crippen LogP contribution in [0, 0.1) is 13.7 Å². The summed E-state index contributed by atoms with van der Waals surface area (Å²) in [6.45, 7) is 3.97. The van der Waals surface area contributed by atoms with Gasteiger partial charge in [0.25, 0.3) is 11.6 Å². The molecule has 0 fully saturated rings. The van der Waals surface area contributed by atoms with Gasteiger partial charge in [0.2, 0.25) is 10.0 Å². The lowest BCUT2D eigenvalue weighted by Gasteiger charge is -2.23. The van der Waals surface area contributed by atoms with Gasteiger partial charge in [-0.2, -0.15) is 4.31 Å². The molecule has 4 aromatic rings. The summed E-state index contributed by atoms with van der Waals surface area (Å²) in [5, 5.41) is 13.8. The zero-order chi connectivity index (χ0) is 35.0. The number of non-ortho nitro benzene ring substituents is 1. The zero-order valence-corrected chi connectivity index (χ0v) is 29.1. The Kier molecular flexibility index (Phi) is 11.6. The fourth-order valence-corrected chi connectivity index (χ4v) is 6.86. The monoisotopic (exact) mass is 793 g/mol. The van der Waals surface area contributed by atoms with Crippen molar-refractivity contribution in [2.24, 2.45) is 0 Å². The molecule has 49 heavy (non-hydrogen) atoms. The Morgan fingerprint density at radius 2 is 1.76 bits per heavy atom. The molecule has 0 aliphatic carbocycles. The van der Waals surface area contributed by atoms with Crippen molar-refractivity contribution in [3.05, 3.63) is 157 Å². The highest BCUT2D eigenvalue weighted by molar-refractivity contribution is 14.1. The molecule has 1 aliphatic heterocycles.